The molecule has 2 aromatic rings. The maximum atomic E-state index is 12.9. The van der Waals surface area contributed by atoms with Crippen molar-refractivity contribution >= 4 is 23.4 Å². The van der Waals surface area contributed by atoms with E-state index in [1.54, 1.807) is 24.3 Å². The minimum Gasteiger partial charge on any atom is -0.465 e. The molecule has 114 valence electrons. The van der Waals surface area contributed by atoms with Crippen LogP contribution in [-0.2, 0) is 4.74 Å². The van der Waals surface area contributed by atoms with Gasteiger partial charge in [0, 0.05) is 12.7 Å². The molecular weight excluding hydrogens is 287 g/mol. The van der Waals surface area contributed by atoms with Crippen molar-refractivity contribution in [3.05, 3.63) is 59.9 Å². The van der Waals surface area contributed by atoms with E-state index >= 15 is 0 Å². The lowest BCUT2D eigenvalue weighted by molar-refractivity contribution is 0.0601. The number of rotatable bonds is 3. The lowest BCUT2D eigenvalue weighted by Gasteiger charge is -2.20. The number of hydrogen-bond acceptors (Lipinski definition) is 3. The third-order valence-electron chi connectivity index (χ3n) is 3.07. The standard InChI is InChI=1S/C16H15FN2O3/c1-19(14-6-4-3-5-13(14)15(20)22-2)16(21)18-12-9-7-11(17)8-10-12/h3-10H,1-2H3,(H,18,21). The zero-order valence-corrected chi connectivity index (χ0v) is 12.2. The fourth-order valence-corrected chi connectivity index (χ4v) is 1.90. The molecular formula is C16H15FN2O3. The first-order chi connectivity index (χ1) is 10.5. The number of methoxy groups -OCH3 is 1. The van der Waals surface area contributed by atoms with Gasteiger partial charge in [-0.2, -0.15) is 0 Å². The lowest BCUT2D eigenvalue weighted by atomic mass is 10.1. The third kappa shape index (κ3) is 3.41. The van der Waals surface area contributed by atoms with Gasteiger partial charge in [0.2, 0.25) is 0 Å². The van der Waals surface area contributed by atoms with Crippen LogP contribution in [0.25, 0.3) is 0 Å². The van der Waals surface area contributed by atoms with E-state index in [9.17, 15) is 14.0 Å². The fourth-order valence-electron chi connectivity index (χ4n) is 1.90. The Hall–Kier alpha value is -2.89. The lowest BCUT2D eigenvalue weighted by Crippen LogP contribution is -2.32. The highest BCUT2D eigenvalue weighted by atomic mass is 19.1. The number of carbonyl (C=O) groups excluding carboxylic acids is 2. The third-order valence-corrected chi connectivity index (χ3v) is 3.07. The van der Waals surface area contributed by atoms with Crippen LogP contribution in [0.2, 0.25) is 0 Å². The Balaban J connectivity index is 2.20. The molecule has 0 heterocycles. The molecule has 1 N–H and O–H groups in total. The summed E-state index contributed by atoms with van der Waals surface area (Å²) in [5.74, 6) is -0.917. The maximum Gasteiger partial charge on any atom is 0.339 e. The van der Waals surface area contributed by atoms with Gasteiger partial charge in [0.15, 0.2) is 0 Å². The normalized spacial score (nSPS) is 9.95. The summed E-state index contributed by atoms with van der Waals surface area (Å²) in [6.45, 7) is 0. The Morgan fingerprint density at radius 1 is 1.09 bits per heavy atom. The Kier molecular flexibility index (Phi) is 4.73. The number of para-hydroxylation sites is 1. The summed E-state index contributed by atoms with van der Waals surface area (Å²) in [6.07, 6.45) is 0. The van der Waals surface area contributed by atoms with Crippen molar-refractivity contribution in [1.82, 2.24) is 0 Å². The summed E-state index contributed by atoms with van der Waals surface area (Å²) in [5.41, 5.74) is 1.14. The van der Waals surface area contributed by atoms with Crippen LogP contribution in [0.5, 0.6) is 0 Å². The van der Waals surface area contributed by atoms with Crippen LogP contribution in [0.3, 0.4) is 0 Å². The number of benzene rings is 2. The zero-order chi connectivity index (χ0) is 16.1. The van der Waals surface area contributed by atoms with Gasteiger partial charge in [0.05, 0.1) is 18.4 Å². The molecule has 2 rings (SSSR count). The van der Waals surface area contributed by atoms with Crippen LogP contribution in [0.15, 0.2) is 48.5 Å². The summed E-state index contributed by atoms with van der Waals surface area (Å²) >= 11 is 0. The van der Waals surface area contributed by atoms with E-state index in [4.69, 9.17) is 4.74 Å². The number of anilines is 2. The quantitative estimate of drug-likeness (QED) is 0.885. The van der Waals surface area contributed by atoms with Crippen LogP contribution in [0.4, 0.5) is 20.6 Å². The number of halogens is 1. The second kappa shape index (κ2) is 6.71. The SMILES string of the molecule is COC(=O)c1ccccc1N(C)C(=O)Nc1ccc(F)cc1. The molecule has 22 heavy (non-hydrogen) atoms. The summed E-state index contributed by atoms with van der Waals surface area (Å²) in [5, 5.41) is 2.62. The van der Waals surface area contributed by atoms with Gasteiger partial charge < -0.3 is 10.1 Å². The Morgan fingerprint density at radius 3 is 2.36 bits per heavy atom. The monoisotopic (exact) mass is 302 g/mol. The number of carbonyl (C=O) groups is 2. The molecule has 0 aliphatic rings. The molecule has 0 aliphatic carbocycles. The second-order valence-electron chi connectivity index (χ2n) is 4.50. The van der Waals surface area contributed by atoms with Gasteiger partial charge in [0.1, 0.15) is 5.82 Å². The first-order valence-electron chi connectivity index (χ1n) is 6.50. The maximum absolute atomic E-state index is 12.9. The van der Waals surface area contributed by atoms with Gasteiger partial charge in [-0.15, -0.1) is 0 Å². The van der Waals surface area contributed by atoms with E-state index in [2.05, 4.69) is 5.32 Å². The summed E-state index contributed by atoms with van der Waals surface area (Å²) in [4.78, 5) is 25.3. The number of nitrogens with zero attached hydrogens (tertiary/aromatic N) is 1. The second-order valence-corrected chi connectivity index (χ2v) is 4.50. The number of amides is 2. The Labute approximate surface area is 127 Å². The molecule has 0 atom stereocenters. The van der Waals surface area contributed by atoms with Crippen LogP contribution in [-0.4, -0.2) is 26.2 Å². The molecule has 0 aliphatic heterocycles. The van der Waals surface area contributed by atoms with Crippen molar-refractivity contribution in [2.75, 3.05) is 24.4 Å². The molecule has 0 saturated heterocycles. The van der Waals surface area contributed by atoms with Crippen LogP contribution >= 0.6 is 0 Å². The molecule has 0 fully saturated rings. The van der Waals surface area contributed by atoms with Crippen LogP contribution < -0.4 is 10.2 Å². The molecule has 6 heteroatoms. The number of nitrogens with one attached hydrogen (secondary N) is 1. The number of hydrogen-bond donors (Lipinski definition) is 1. The van der Waals surface area contributed by atoms with Crippen molar-refractivity contribution in [2.45, 2.75) is 0 Å². The van der Waals surface area contributed by atoms with Crippen molar-refractivity contribution in [1.29, 1.82) is 0 Å². The molecule has 2 aromatic carbocycles. The van der Waals surface area contributed by atoms with E-state index in [1.807, 2.05) is 0 Å². The van der Waals surface area contributed by atoms with Crippen molar-refractivity contribution in [3.63, 3.8) is 0 Å². The van der Waals surface area contributed by atoms with E-state index in [0.29, 0.717) is 11.4 Å². The van der Waals surface area contributed by atoms with Gasteiger partial charge in [-0.1, -0.05) is 12.1 Å². The number of esters is 1. The molecule has 0 spiro atoms. The van der Waals surface area contributed by atoms with Crippen molar-refractivity contribution in [2.24, 2.45) is 0 Å². The average molecular weight is 302 g/mol. The van der Waals surface area contributed by atoms with Crippen LogP contribution in [0.1, 0.15) is 10.4 Å². The molecule has 5 nitrogen and oxygen atoms in total. The van der Waals surface area contributed by atoms with E-state index in [-0.39, 0.29) is 11.4 Å². The average Bonchev–Trinajstić information content (AvgIpc) is 2.55. The summed E-state index contributed by atoms with van der Waals surface area (Å²) in [6, 6.07) is 11.5. The topological polar surface area (TPSA) is 58.6 Å². The highest BCUT2D eigenvalue weighted by molar-refractivity contribution is 6.06. The first kappa shape index (κ1) is 15.5. The highest BCUT2D eigenvalue weighted by Crippen LogP contribution is 2.21. The molecule has 0 bridgehead atoms. The molecule has 0 unspecified atom stereocenters. The van der Waals surface area contributed by atoms with Gasteiger partial charge in [0.25, 0.3) is 0 Å². The number of ether oxygens (including phenoxy) is 1. The van der Waals surface area contributed by atoms with E-state index < -0.39 is 12.0 Å². The fraction of sp³-hybridized carbons (Fsp3) is 0.125. The molecule has 0 saturated carbocycles. The summed E-state index contributed by atoms with van der Waals surface area (Å²) in [7, 11) is 2.80. The smallest absolute Gasteiger partial charge is 0.339 e. The minimum absolute atomic E-state index is 0.279. The first-order valence-corrected chi connectivity index (χ1v) is 6.50. The molecule has 0 aromatic heterocycles. The Bertz CT molecular complexity index is 686. The Morgan fingerprint density at radius 2 is 1.73 bits per heavy atom. The zero-order valence-electron chi connectivity index (χ0n) is 12.2. The van der Waals surface area contributed by atoms with Gasteiger partial charge >= 0.3 is 12.0 Å². The molecule has 0 radical (unpaired) electrons. The predicted octanol–water partition coefficient (Wildman–Crippen LogP) is 3.28. The summed E-state index contributed by atoms with van der Waals surface area (Å²) < 4.78 is 17.6. The van der Waals surface area contributed by atoms with Crippen molar-refractivity contribution in [3.8, 4) is 0 Å². The van der Waals surface area contributed by atoms with Gasteiger partial charge in [-0.3, -0.25) is 4.90 Å². The number of urea groups is 1. The van der Waals surface area contributed by atoms with E-state index in [1.165, 1.54) is 43.3 Å². The largest absolute Gasteiger partial charge is 0.465 e. The van der Waals surface area contributed by atoms with Gasteiger partial charge in [-0.05, 0) is 36.4 Å². The van der Waals surface area contributed by atoms with Crippen LogP contribution in [0, 0.1) is 5.82 Å². The molecule has 2 amide bonds. The van der Waals surface area contributed by atoms with E-state index in [0.717, 1.165) is 0 Å². The van der Waals surface area contributed by atoms with Crippen molar-refractivity contribution < 1.29 is 18.7 Å². The highest BCUT2D eigenvalue weighted by Gasteiger charge is 2.18. The predicted molar refractivity (Wildman–Crippen MR) is 81.6 cm³/mol. The minimum atomic E-state index is -0.531. The van der Waals surface area contributed by atoms with Gasteiger partial charge in [-0.25, -0.2) is 14.0 Å².